The Kier molecular flexibility index (Phi) is 8.16. The predicted octanol–water partition coefficient (Wildman–Crippen LogP) is 6.17. The maximum atomic E-state index is 12.6. The van der Waals surface area contributed by atoms with Gasteiger partial charge in [-0.15, -0.1) is 0 Å². The summed E-state index contributed by atoms with van der Waals surface area (Å²) in [5.41, 5.74) is 3.06. The first kappa shape index (κ1) is 23.1. The maximum Gasteiger partial charge on any atom is 0.293 e. The number of ether oxygens (including phenoxy) is 2. The van der Waals surface area contributed by atoms with Crippen molar-refractivity contribution in [2.45, 2.75) is 20.0 Å². The number of hydrogen-bond acceptors (Lipinski definition) is 5. The monoisotopic (exact) mass is 553 g/mol. The summed E-state index contributed by atoms with van der Waals surface area (Å²) in [5, 5.41) is -0.251. The summed E-state index contributed by atoms with van der Waals surface area (Å²) in [6, 6.07) is 11.9. The molecule has 0 atom stereocenters. The average molecular weight is 555 g/mol. The van der Waals surface area contributed by atoms with Crippen LogP contribution in [0.5, 0.6) is 5.75 Å². The van der Waals surface area contributed by atoms with Crippen molar-refractivity contribution in [3.8, 4) is 5.75 Å². The number of halogens is 2. The van der Waals surface area contributed by atoms with Crippen LogP contribution in [0.25, 0.3) is 6.08 Å². The van der Waals surface area contributed by atoms with Gasteiger partial charge in [0.05, 0.1) is 13.9 Å². The second-order valence-corrected chi connectivity index (χ2v) is 9.47. The summed E-state index contributed by atoms with van der Waals surface area (Å²) in [6.07, 6.45) is 2.34. The number of aryl methyl sites for hydroxylation is 1. The van der Waals surface area contributed by atoms with Crippen LogP contribution in [0.2, 0.25) is 0 Å². The highest BCUT2D eigenvalue weighted by Crippen LogP contribution is 2.38. The van der Waals surface area contributed by atoms with Gasteiger partial charge in [0.15, 0.2) is 0 Å². The van der Waals surface area contributed by atoms with Gasteiger partial charge in [0.1, 0.15) is 12.4 Å². The van der Waals surface area contributed by atoms with E-state index in [-0.39, 0.29) is 11.1 Å². The fraction of sp³-hybridized carbons (Fsp3) is 0.273. The van der Waals surface area contributed by atoms with Gasteiger partial charge in [-0.1, -0.05) is 29.8 Å². The second-order valence-electron chi connectivity index (χ2n) is 6.77. The lowest BCUT2D eigenvalue weighted by Gasteiger charge is -2.12. The molecule has 0 aromatic heterocycles. The Balaban J connectivity index is 1.73. The Labute approximate surface area is 197 Å². The predicted molar refractivity (Wildman–Crippen MR) is 127 cm³/mol. The lowest BCUT2D eigenvalue weighted by molar-refractivity contribution is -0.122. The van der Waals surface area contributed by atoms with Crippen LogP contribution >= 0.6 is 43.6 Å². The normalized spacial score (nSPS) is 15.3. The number of hydrogen-bond donors (Lipinski definition) is 0. The number of amides is 2. The van der Waals surface area contributed by atoms with Crippen LogP contribution in [0.15, 0.2) is 50.2 Å². The summed E-state index contributed by atoms with van der Waals surface area (Å²) in [5.74, 6) is 0.412. The number of nitrogens with zero attached hydrogens (tertiary/aromatic N) is 1. The standard InChI is InChI=1S/C22H21Br2NO4S/c1-14-5-3-6-15(9-14)13-29-20-17(23)10-16(11-18(20)24)12-19-21(26)25(22(27)30-19)7-4-8-28-2/h3,5-6,9-12H,4,7-8,13H2,1-2H3/b19-12+. The molecule has 0 saturated carbocycles. The molecule has 0 N–H and O–H groups in total. The zero-order valence-electron chi connectivity index (χ0n) is 16.6. The van der Waals surface area contributed by atoms with Gasteiger partial charge in [-0.2, -0.15) is 0 Å². The van der Waals surface area contributed by atoms with Crippen molar-refractivity contribution in [2.24, 2.45) is 0 Å². The van der Waals surface area contributed by atoms with E-state index in [0.717, 1.165) is 31.8 Å². The molecule has 1 aliphatic heterocycles. The number of methoxy groups -OCH3 is 1. The van der Waals surface area contributed by atoms with E-state index in [2.05, 4.69) is 37.9 Å². The molecular weight excluding hydrogens is 534 g/mol. The van der Waals surface area contributed by atoms with Crippen molar-refractivity contribution in [3.05, 3.63) is 66.9 Å². The molecule has 3 rings (SSSR count). The third-order valence-electron chi connectivity index (χ3n) is 4.39. The van der Waals surface area contributed by atoms with Crippen LogP contribution in [0, 0.1) is 6.92 Å². The van der Waals surface area contributed by atoms with E-state index >= 15 is 0 Å². The highest BCUT2D eigenvalue weighted by molar-refractivity contribution is 9.11. The molecule has 1 fully saturated rings. The Bertz CT molecular complexity index is 970. The third kappa shape index (κ3) is 5.75. The quantitative estimate of drug-likeness (QED) is 0.288. The van der Waals surface area contributed by atoms with E-state index in [1.807, 2.05) is 37.3 Å². The zero-order chi connectivity index (χ0) is 21.7. The number of rotatable bonds is 8. The van der Waals surface area contributed by atoms with E-state index in [4.69, 9.17) is 9.47 Å². The summed E-state index contributed by atoms with van der Waals surface area (Å²) < 4.78 is 12.5. The van der Waals surface area contributed by atoms with Gasteiger partial charge in [-0.3, -0.25) is 14.5 Å². The van der Waals surface area contributed by atoms with Crippen LogP contribution in [-0.2, 0) is 16.1 Å². The summed E-state index contributed by atoms with van der Waals surface area (Å²) >= 11 is 8.05. The molecule has 5 nitrogen and oxygen atoms in total. The van der Waals surface area contributed by atoms with Crippen molar-refractivity contribution < 1.29 is 19.1 Å². The lowest BCUT2D eigenvalue weighted by atomic mass is 10.1. The third-order valence-corrected chi connectivity index (χ3v) is 6.47. The van der Waals surface area contributed by atoms with Crippen LogP contribution in [-0.4, -0.2) is 36.3 Å². The highest BCUT2D eigenvalue weighted by Gasteiger charge is 2.34. The first-order valence-electron chi connectivity index (χ1n) is 9.30. The Hall–Kier alpha value is -1.61. The van der Waals surface area contributed by atoms with Crippen LogP contribution in [0.4, 0.5) is 4.79 Å². The van der Waals surface area contributed by atoms with Gasteiger partial charge in [0, 0.05) is 20.3 Å². The van der Waals surface area contributed by atoms with Crippen LogP contribution in [0.3, 0.4) is 0 Å². The van der Waals surface area contributed by atoms with Gasteiger partial charge in [0.25, 0.3) is 11.1 Å². The second kappa shape index (κ2) is 10.6. The maximum absolute atomic E-state index is 12.6. The largest absolute Gasteiger partial charge is 0.487 e. The number of carbonyl (C=O) groups excluding carboxylic acids is 2. The Morgan fingerprint density at radius 3 is 2.53 bits per heavy atom. The minimum atomic E-state index is -0.270. The van der Waals surface area contributed by atoms with Crippen molar-refractivity contribution in [2.75, 3.05) is 20.3 Å². The summed E-state index contributed by atoms with van der Waals surface area (Å²) in [6.45, 7) is 3.35. The number of carbonyl (C=O) groups is 2. The first-order valence-corrected chi connectivity index (χ1v) is 11.7. The minimum Gasteiger partial charge on any atom is -0.487 e. The molecule has 2 amide bonds. The molecule has 0 bridgehead atoms. The smallest absolute Gasteiger partial charge is 0.293 e. The molecule has 1 heterocycles. The molecule has 158 valence electrons. The van der Waals surface area contributed by atoms with Crippen molar-refractivity contribution in [3.63, 3.8) is 0 Å². The van der Waals surface area contributed by atoms with Gasteiger partial charge < -0.3 is 9.47 Å². The van der Waals surface area contributed by atoms with Crippen LogP contribution in [0.1, 0.15) is 23.1 Å². The van der Waals surface area contributed by atoms with E-state index in [1.165, 1.54) is 10.5 Å². The Morgan fingerprint density at radius 2 is 1.87 bits per heavy atom. The fourth-order valence-corrected chi connectivity index (χ4v) is 5.29. The van der Waals surface area contributed by atoms with Crippen molar-refractivity contribution >= 4 is 60.8 Å². The first-order chi connectivity index (χ1) is 14.4. The molecule has 0 unspecified atom stereocenters. The topological polar surface area (TPSA) is 55.8 Å². The Morgan fingerprint density at radius 1 is 1.13 bits per heavy atom. The highest BCUT2D eigenvalue weighted by atomic mass is 79.9. The number of imide groups is 1. The van der Waals surface area contributed by atoms with E-state index in [9.17, 15) is 9.59 Å². The summed E-state index contributed by atoms with van der Waals surface area (Å²) in [4.78, 5) is 26.4. The van der Waals surface area contributed by atoms with Gasteiger partial charge in [-0.25, -0.2) is 0 Å². The average Bonchev–Trinajstić information content (AvgIpc) is 2.95. The zero-order valence-corrected chi connectivity index (χ0v) is 20.6. The van der Waals surface area contributed by atoms with Gasteiger partial charge >= 0.3 is 0 Å². The lowest BCUT2D eigenvalue weighted by Crippen LogP contribution is -2.29. The van der Waals surface area contributed by atoms with Crippen molar-refractivity contribution in [1.82, 2.24) is 4.90 Å². The molecule has 0 aliphatic carbocycles. The molecule has 2 aromatic rings. The van der Waals surface area contributed by atoms with Crippen LogP contribution < -0.4 is 4.74 Å². The molecular formula is C22H21Br2NO4S. The molecule has 30 heavy (non-hydrogen) atoms. The van der Waals surface area contributed by atoms with Crippen molar-refractivity contribution in [1.29, 1.82) is 0 Å². The van der Waals surface area contributed by atoms with E-state index in [0.29, 0.717) is 36.8 Å². The van der Waals surface area contributed by atoms with E-state index in [1.54, 1.807) is 13.2 Å². The molecule has 2 aromatic carbocycles. The van der Waals surface area contributed by atoms with Gasteiger partial charge in [-0.05, 0) is 86.3 Å². The number of benzene rings is 2. The molecule has 1 saturated heterocycles. The number of thioether (sulfide) groups is 1. The molecule has 1 aliphatic rings. The van der Waals surface area contributed by atoms with E-state index < -0.39 is 0 Å². The molecule has 0 spiro atoms. The summed E-state index contributed by atoms with van der Waals surface area (Å²) in [7, 11) is 1.59. The minimum absolute atomic E-state index is 0.251. The SMILES string of the molecule is COCCCN1C(=O)S/C(=C/c2cc(Br)c(OCc3cccc(C)c3)c(Br)c2)C1=O. The fourth-order valence-electron chi connectivity index (χ4n) is 2.97. The molecule has 8 heteroatoms. The molecule has 0 radical (unpaired) electrons. The van der Waals surface area contributed by atoms with Gasteiger partial charge in [0.2, 0.25) is 0 Å².